The Bertz CT molecular complexity index is 483. The number of carbonyl (C=O) groups excluding carboxylic acids is 2. The number of amides is 2. The second-order valence-corrected chi connectivity index (χ2v) is 4.55. The molecule has 0 unspecified atom stereocenters. The molecule has 1 saturated heterocycles. The van der Waals surface area contributed by atoms with Crippen LogP contribution in [0.25, 0.3) is 0 Å². The number of rotatable bonds is 3. The molecule has 0 saturated carbocycles. The van der Waals surface area contributed by atoms with Gasteiger partial charge in [0.05, 0.1) is 0 Å². The van der Waals surface area contributed by atoms with Crippen molar-refractivity contribution in [3.05, 3.63) is 23.8 Å². The molecule has 1 aliphatic rings. The predicted molar refractivity (Wildman–Crippen MR) is 71.7 cm³/mol. The van der Waals surface area contributed by atoms with Crippen molar-refractivity contribution in [1.29, 1.82) is 0 Å². The van der Waals surface area contributed by atoms with Gasteiger partial charge in [-0.1, -0.05) is 13.0 Å². The van der Waals surface area contributed by atoms with Crippen molar-refractivity contribution in [2.24, 2.45) is 0 Å². The highest BCUT2D eigenvalue weighted by Crippen LogP contribution is 2.28. The third kappa shape index (κ3) is 2.53. The lowest BCUT2D eigenvalue weighted by Crippen LogP contribution is -2.24. The van der Waals surface area contributed by atoms with E-state index in [1.807, 2.05) is 32.0 Å². The number of aryl methyl sites for hydroxylation is 1. The first-order valence-corrected chi connectivity index (χ1v) is 6.32. The van der Waals surface area contributed by atoms with Gasteiger partial charge in [0.25, 0.3) is 0 Å². The number of carbonyl (C=O) groups is 2. The highest BCUT2D eigenvalue weighted by Gasteiger charge is 2.23. The van der Waals surface area contributed by atoms with Gasteiger partial charge in [0.2, 0.25) is 11.8 Å². The van der Waals surface area contributed by atoms with Crippen LogP contribution < -0.4 is 10.2 Å². The molecule has 0 spiro atoms. The summed E-state index contributed by atoms with van der Waals surface area (Å²) in [5, 5.41) is 2.82. The summed E-state index contributed by atoms with van der Waals surface area (Å²) < 4.78 is 0. The molecule has 1 aliphatic heterocycles. The van der Waals surface area contributed by atoms with Crippen LogP contribution in [0.2, 0.25) is 0 Å². The largest absolute Gasteiger partial charge is 0.326 e. The smallest absolute Gasteiger partial charge is 0.227 e. The molecule has 0 aliphatic carbocycles. The minimum Gasteiger partial charge on any atom is -0.326 e. The van der Waals surface area contributed by atoms with Crippen molar-refractivity contribution in [3.63, 3.8) is 0 Å². The Morgan fingerprint density at radius 2 is 2.22 bits per heavy atom. The van der Waals surface area contributed by atoms with Crippen molar-refractivity contribution in [2.45, 2.75) is 33.1 Å². The van der Waals surface area contributed by atoms with E-state index in [9.17, 15) is 9.59 Å². The number of hydrogen-bond acceptors (Lipinski definition) is 2. The minimum atomic E-state index is -0.0162. The zero-order chi connectivity index (χ0) is 13.1. The molecule has 2 amide bonds. The SMILES string of the molecule is CCC(=O)Nc1ccc(C)c(N2CCCC2=O)c1. The van der Waals surface area contributed by atoms with Crippen molar-refractivity contribution >= 4 is 23.2 Å². The summed E-state index contributed by atoms with van der Waals surface area (Å²) in [7, 11) is 0. The Morgan fingerprint density at radius 1 is 1.44 bits per heavy atom. The van der Waals surface area contributed by atoms with Crippen molar-refractivity contribution in [1.82, 2.24) is 0 Å². The van der Waals surface area contributed by atoms with E-state index in [0.29, 0.717) is 12.8 Å². The molecule has 0 aromatic heterocycles. The third-order valence-electron chi connectivity index (χ3n) is 3.18. The van der Waals surface area contributed by atoms with Crippen molar-refractivity contribution in [2.75, 3.05) is 16.8 Å². The van der Waals surface area contributed by atoms with Crippen LogP contribution in [0.15, 0.2) is 18.2 Å². The second kappa shape index (κ2) is 5.21. The van der Waals surface area contributed by atoms with Gasteiger partial charge in [0, 0.05) is 30.8 Å². The number of anilines is 2. The molecule has 1 N–H and O–H groups in total. The van der Waals surface area contributed by atoms with Crippen LogP contribution in [0.5, 0.6) is 0 Å². The summed E-state index contributed by atoms with van der Waals surface area (Å²) >= 11 is 0. The van der Waals surface area contributed by atoms with E-state index < -0.39 is 0 Å². The molecule has 0 atom stereocenters. The van der Waals surface area contributed by atoms with Crippen molar-refractivity contribution < 1.29 is 9.59 Å². The number of hydrogen-bond donors (Lipinski definition) is 1. The maximum atomic E-state index is 11.8. The first kappa shape index (κ1) is 12.6. The van der Waals surface area contributed by atoms with Gasteiger partial charge in [0.15, 0.2) is 0 Å². The van der Waals surface area contributed by atoms with Gasteiger partial charge in [-0.15, -0.1) is 0 Å². The highest BCUT2D eigenvalue weighted by molar-refractivity contribution is 5.97. The molecule has 1 fully saturated rings. The second-order valence-electron chi connectivity index (χ2n) is 4.55. The van der Waals surface area contributed by atoms with Gasteiger partial charge in [-0.05, 0) is 31.0 Å². The van der Waals surface area contributed by atoms with Crippen LogP contribution in [0.3, 0.4) is 0 Å². The van der Waals surface area contributed by atoms with Crippen LogP contribution in [0.1, 0.15) is 31.7 Å². The van der Waals surface area contributed by atoms with E-state index in [2.05, 4.69) is 5.32 Å². The van der Waals surface area contributed by atoms with Crippen LogP contribution >= 0.6 is 0 Å². The molecule has 1 aromatic carbocycles. The third-order valence-corrected chi connectivity index (χ3v) is 3.18. The average Bonchev–Trinajstić information content (AvgIpc) is 2.77. The van der Waals surface area contributed by atoms with Gasteiger partial charge in [-0.3, -0.25) is 9.59 Å². The number of nitrogens with zero attached hydrogens (tertiary/aromatic N) is 1. The average molecular weight is 246 g/mol. The molecular weight excluding hydrogens is 228 g/mol. The molecular formula is C14H18N2O2. The fourth-order valence-corrected chi connectivity index (χ4v) is 2.13. The minimum absolute atomic E-state index is 0.0162. The van der Waals surface area contributed by atoms with Gasteiger partial charge in [0.1, 0.15) is 0 Å². The van der Waals surface area contributed by atoms with E-state index in [1.165, 1.54) is 0 Å². The molecule has 0 radical (unpaired) electrons. The fourth-order valence-electron chi connectivity index (χ4n) is 2.13. The number of nitrogens with one attached hydrogen (secondary N) is 1. The topological polar surface area (TPSA) is 49.4 Å². The number of benzene rings is 1. The van der Waals surface area contributed by atoms with E-state index in [1.54, 1.807) is 4.90 Å². The molecule has 4 heteroatoms. The normalized spacial score (nSPS) is 15.0. The lowest BCUT2D eigenvalue weighted by Gasteiger charge is -2.19. The fraction of sp³-hybridized carbons (Fsp3) is 0.429. The predicted octanol–water partition coefficient (Wildman–Crippen LogP) is 2.47. The highest BCUT2D eigenvalue weighted by atomic mass is 16.2. The summed E-state index contributed by atoms with van der Waals surface area (Å²) in [5.74, 6) is 0.148. The maximum Gasteiger partial charge on any atom is 0.227 e. The Balaban J connectivity index is 2.26. The molecule has 0 bridgehead atoms. The summed E-state index contributed by atoms with van der Waals surface area (Å²) in [4.78, 5) is 24.9. The Kier molecular flexibility index (Phi) is 3.65. The van der Waals surface area contributed by atoms with E-state index in [0.717, 1.165) is 29.9 Å². The van der Waals surface area contributed by atoms with Gasteiger partial charge >= 0.3 is 0 Å². The van der Waals surface area contributed by atoms with Gasteiger partial charge in [-0.2, -0.15) is 0 Å². The van der Waals surface area contributed by atoms with E-state index in [-0.39, 0.29) is 11.8 Å². The zero-order valence-corrected chi connectivity index (χ0v) is 10.8. The molecule has 1 heterocycles. The van der Waals surface area contributed by atoms with Crippen LogP contribution in [-0.4, -0.2) is 18.4 Å². The van der Waals surface area contributed by atoms with Crippen molar-refractivity contribution in [3.8, 4) is 0 Å². The van der Waals surface area contributed by atoms with Crippen LogP contribution in [-0.2, 0) is 9.59 Å². The first-order chi connectivity index (χ1) is 8.61. The summed E-state index contributed by atoms with van der Waals surface area (Å²) in [6.45, 7) is 4.56. The maximum absolute atomic E-state index is 11.8. The van der Waals surface area contributed by atoms with Crippen LogP contribution in [0.4, 0.5) is 11.4 Å². The lowest BCUT2D eigenvalue weighted by atomic mass is 10.1. The van der Waals surface area contributed by atoms with E-state index in [4.69, 9.17) is 0 Å². The van der Waals surface area contributed by atoms with E-state index >= 15 is 0 Å². The molecule has 96 valence electrons. The Morgan fingerprint density at radius 3 is 2.83 bits per heavy atom. The molecule has 2 rings (SSSR count). The van der Waals surface area contributed by atoms with Crippen LogP contribution in [0, 0.1) is 6.92 Å². The van der Waals surface area contributed by atoms with Gasteiger partial charge in [-0.25, -0.2) is 0 Å². The lowest BCUT2D eigenvalue weighted by molar-refractivity contribution is -0.117. The molecule has 4 nitrogen and oxygen atoms in total. The zero-order valence-electron chi connectivity index (χ0n) is 10.8. The Labute approximate surface area is 107 Å². The van der Waals surface area contributed by atoms with Gasteiger partial charge < -0.3 is 10.2 Å². The quantitative estimate of drug-likeness (QED) is 0.890. The Hall–Kier alpha value is -1.84. The first-order valence-electron chi connectivity index (χ1n) is 6.32. The summed E-state index contributed by atoms with van der Waals surface area (Å²) in [6, 6.07) is 5.69. The molecule has 1 aromatic rings. The monoisotopic (exact) mass is 246 g/mol. The standard InChI is InChI=1S/C14H18N2O2/c1-3-13(17)15-11-7-6-10(2)12(9-11)16-8-4-5-14(16)18/h6-7,9H,3-5,8H2,1-2H3,(H,15,17). The molecule has 18 heavy (non-hydrogen) atoms. The summed E-state index contributed by atoms with van der Waals surface area (Å²) in [6.07, 6.45) is 1.97. The summed E-state index contributed by atoms with van der Waals surface area (Å²) in [5.41, 5.74) is 2.72.